The molecule has 3 nitrogen and oxygen atoms in total. The number of nitrogens with zero attached hydrogens (tertiary/aromatic N) is 2. The Kier molecular flexibility index (Phi) is 5.17. The second-order valence-electron chi connectivity index (χ2n) is 6.26. The Labute approximate surface area is 147 Å². The zero-order chi connectivity index (χ0) is 15.6. The second-order valence-corrected chi connectivity index (χ2v) is 6.26. The fraction of sp³-hybridized carbons (Fsp3) is 0.316. The van der Waals surface area contributed by atoms with Gasteiger partial charge in [0.05, 0.1) is 0 Å². The van der Waals surface area contributed by atoms with Gasteiger partial charge in [-0.1, -0.05) is 6.07 Å². The smallest absolute Gasteiger partial charge is 0.123 e. The molecule has 126 valence electrons. The summed E-state index contributed by atoms with van der Waals surface area (Å²) >= 11 is 0. The number of fused-ring (bicyclic) bond motifs is 3. The van der Waals surface area contributed by atoms with Gasteiger partial charge in [-0.15, -0.1) is 12.4 Å². The quantitative estimate of drug-likeness (QED) is 0.771. The molecule has 0 aliphatic carbocycles. The summed E-state index contributed by atoms with van der Waals surface area (Å²) in [6.45, 7) is 3.04. The standard InChI is InChI=1S/C19H20FN3.ClH/c20-15-5-6-18-16(11-15)17-13-23(10-7-19(17)22-18)9-2-4-14-3-1-8-21-12-14;/h1,3,5-6,8,11-12,22H,2,4,7,9-10,13H2;1H. The lowest BCUT2D eigenvalue weighted by Gasteiger charge is -2.27. The number of pyridine rings is 1. The molecule has 0 saturated heterocycles. The summed E-state index contributed by atoms with van der Waals surface area (Å²) in [5.74, 6) is -0.159. The molecule has 0 atom stereocenters. The van der Waals surface area contributed by atoms with Crippen molar-refractivity contribution in [3.8, 4) is 0 Å². The van der Waals surface area contributed by atoms with Gasteiger partial charge in [-0.2, -0.15) is 0 Å². The molecular formula is C19H21ClFN3. The highest BCUT2D eigenvalue weighted by molar-refractivity contribution is 5.85. The molecule has 2 aromatic heterocycles. The van der Waals surface area contributed by atoms with Crippen LogP contribution >= 0.6 is 12.4 Å². The van der Waals surface area contributed by atoms with Crippen LogP contribution in [0.25, 0.3) is 10.9 Å². The van der Waals surface area contributed by atoms with E-state index in [9.17, 15) is 4.39 Å². The van der Waals surface area contributed by atoms with Crippen LogP contribution in [0.1, 0.15) is 23.2 Å². The molecule has 0 bridgehead atoms. The molecule has 0 unspecified atom stereocenters. The number of H-pyrrole nitrogens is 1. The fourth-order valence-corrected chi connectivity index (χ4v) is 3.49. The van der Waals surface area contributed by atoms with Gasteiger partial charge in [0.25, 0.3) is 0 Å². The van der Waals surface area contributed by atoms with Gasteiger partial charge in [-0.05, 0) is 54.8 Å². The van der Waals surface area contributed by atoms with Crippen molar-refractivity contribution in [2.45, 2.75) is 25.8 Å². The van der Waals surface area contributed by atoms with Gasteiger partial charge >= 0.3 is 0 Å². The Morgan fingerprint density at radius 3 is 3.00 bits per heavy atom. The molecule has 0 amide bonds. The third-order valence-corrected chi connectivity index (χ3v) is 4.68. The van der Waals surface area contributed by atoms with E-state index in [4.69, 9.17) is 0 Å². The van der Waals surface area contributed by atoms with Gasteiger partial charge in [0.2, 0.25) is 0 Å². The predicted molar refractivity (Wildman–Crippen MR) is 97.0 cm³/mol. The maximum atomic E-state index is 13.5. The third-order valence-electron chi connectivity index (χ3n) is 4.68. The lowest BCUT2D eigenvalue weighted by molar-refractivity contribution is 0.251. The Hall–Kier alpha value is -1.91. The Bertz CT molecular complexity index is 816. The van der Waals surface area contributed by atoms with Crippen LogP contribution in [0.2, 0.25) is 0 Å². The van der Waals surface area contributed by atoms with Crippen molar-refractivity contribution in [1.29, 1.82) is 0 Å². The molecule has 4 rings (SSSR count). The SMILES string of the molecule is Cl.Fc1ccc2[nH]c3c(c2c1)CN(CCCc1cccnc1)CC3. The molecule has 1 aromatic carbocycles. The number of benzene rings is 1. The molecule has 0 radical (unpaired) electrons. The van der Waals surface area contributed by atoms with E-state index in [2.05, 4.69) is 20.9 Å². The molecule has 0 saturated carbocycles. The maximum absolute atomic E-state index is 13.5. The first kappa shape index (κ1) is 16.9. The minimum Gasteiger partial charge on any atom is -0.358 e. The van der Waals surface area contributed by atoms with Crippen LogP contribution in [0.3, 0.4) is 0 Å². The van der Waals surface area contributed by atoms with Gasteiger partial charge in [0.1, 0.15) is 5.82 Å². The van der Waals surface area contributed by atoms with Gasteiger partial charge < -0.3 is 4.98 Å². The minimum absolute atomic E-state index is 0. The average Bonchev–Trinajstić information content (AvgIpc) is 2.93. The van der Waals surface area contributed by atoms with Crippen molar-refractivity contribution >= 4 is 23.3 Å². The van der Waals surface area contributed by atoms with E-state index in [1.54, 1.807) is 6.07 Å². The predicted octanol–water partition coefficient (Wildman–Crippen LogP) is 4.11. The van der Waals surface area contributed by atoms with Crippen LogP contribution < -0.4 is 0 Å². The Morgan fingerprint density at radius 1 is 1.25 bits per heavy atom. The van der Waals surface area contributed by atoms with Gasteiger partial charge in [0, 0.05) is 48.5 Å². The lowest BCUT2D eigenvalue weighted by Crippen LogP contribution is -2.31. The molecular weight excluding hydrogens is 325 g/mol. The first-order valence-corrected chi connectivity index (χ1v) is 8.20. The molecule has 0 fully saturated rings. The zero-order valence-electron chi connectivity index (χ0n) is 13.5. The van der Waals surface area contributed by atoms with E-state index in [1.807, 2.05) is 24.5 Å². The van der Waals surface area contributed by atoms with Crippen LogP contribution in [0.15, 0.2) is 42.7 Å². The number of halogens is 2. The Balaban J connectivity index is 0.00000169. The summed E-state index contributed by atoms with van der Waals surface area (Å²) in [4.78, 5) is 10.1. The number of hydrogen-bond donors (Lipinski definition) is 1. The van der Waals surface area contributed by atoms with E-state index in [-0.39, 0.29) is 18.2 Å². The number of nitrogens with one attached hydrogen (secondary N) is 1. The van der Waals surface area contributed by atoms with Crippen LogP contribution in [-0.2, 0) is 19.4 Å². The molecule has 1 N–H and O–H groups in total. The Morgan fingerprint density at radius 2 is 2.17 bits per heavy atom. The van der Waals surface area contributed by atoms with Crippen LogP contribution in [0.5, 0.6) is 0 Å². The summed E-state index contributed by atoms with van der Waals surface area (Å²) in [6, 6.07) is 9.14. The molecule has 24 heavy (non-hydrogen) atoms. The third kappa shape index (κ3) is 3.45. The zero-order valence-corrected chi connectivity index (χ0v) is 14.3. The fourth-order valence-electron chi connectivity index (χ4n) is 3.49. The van der Waals surface area contributed by atoms with Crippen molar-refractivity contribution in [1.82, 2.24) is 14.9 Å². The normalized spacial score (nSPS) is 14.4. The van der Waals surface area contributed by atoms with Gasteiger partial charge in [0.15, 0.2) is 0 Å². The first-order chi connectivity index (χ1) is 11.3. The molecule has 3 heterocycles. The molecule has 5 heteroatoms. The van der Waals surface area contributed by atoms with E-state index < -0.39 is 0 Å². The largest absolute Gasteiger partial charge is 0.358 e. The highest BCUT2D eigenvalue weighted by Crippen LogP contribution is 2.28. The van der Waals surface area contributed by atoms with Crippen LogP contribution in [-0.4, -0.2) is 28.0 Å². The summed E-state index contributed by atoms with van der Waals surface area (Å²) < 4.78 is 13.5. The molecule has 1 aliphatic heterocycles. The highest BCUT2D eigenvalue weighted by Gasteiger charge is 2.20. The van der Waals surface area contributed by atoms with Crippen molar-refractivity contribution < 1.29 is 4.39 Å². The number of hydrogen-bond acceptors (Lipinski definition) is 2. The minimum atomic E-state index is -0.159. The van der Waals surface area contributed by atoms with Crippen molar-refractivity contribution in [2.75, 3.05) is 13.1 Å². The monoisotopic (exact) mass is 345 g/mol. The van der Waals surface area contributed by atoms with E-state index in [0.29, 0.717) is 0 Å². The summed E-state index contributed by atoms with van der Waals surface area (Å²) in [5.41, 5.74) is 4.88. The van der Waals surface area contributed by atoms with Gasteiger partial charge in [-0.25, -0.2) is 4.39 Å². The van der Waals surface area contributed by atoms with Crippen molar-refractivity contribution in [3.63, 3.8) is 0 Å². The molecule has 3 aromatic rings. The van der Waals surface area contributed by atoms with Gasteiger partial charge in [-0.3, -0.25) is 9.88 Å². The lowest BCUT2D eigenvalue weighted by atomic mass is 10.0. The summed E-state index contributed by atoms with van der Waals surface area (Å²) in [6.07, 6.45) is 6.94. The molecule has 1 aliphatic rings. The highest BCUT2D eigenvalue weighted by atomic mass is 35.5. The van der Waals surface area contributed by atoms with Crippen LogP contribution in [0.4, 0.5) is 4.39 Å². The van der Waals surface area contributed by atoms with E-state index in [1.165, 1.54) is 22.9 Å². The van der Waals surface area contributed by atoms with Crippen molar-refractivity contribution in [2.24, 2.45) is 0 Å². The number of rotatable bonds is 4. The van der Waals surface area contributed by atoms with E-state index in [0.717, 1.165) is 49.8 Å². The number of aromatic nitrogens is 2. The van der Waals surface area contributed by atoms with Crippen LogP contribution in [0, 0.1) is 5.82 Å². The first-order valence-electron chi connectivity index (χ1n) is 8.20. The maximum Gasteiger partial charge on any atom is 0.123 e. The second kappa shape index (κ2) is 7.32. The topological polar surface area (TPSA) is 31.9 Å². The van der Waals surface area contributed by atoms with E-state index >= 15 is 0 Å². The van der Waals surface area contributed by atoms with Crippen molar-refractivity contribution in [3.05, 3.63) is 65.4 Å². The average molecular weight is 346 g/mol. The summed E-state index contributed by atoms with van der Waals surface area (Å²) in [7, 11) is 0. The molecule has 0 spiro atoms. The summed E-state index contributed by atoms with van der Waals surface area (Å²) in [5, 5.41) is 1.04. The number of aryl methyl sites for hydroxylation is 1. The number of aromatic amines is 1.